The molecule has 2 heterocycles. The van der Waals surface area contributed by atoms with Gasteiger partial charge in [-0.05, 0) is 37.5 Å². The first-order valence-electron chi connectivity index (χ1n) is 8.57. The van der Waals surface area contributed by atoms with Crippen molar-refractivity contribution in [3.63, 3.8) is 0 Å². The number of aromatic nitrogens is 2. The van der Waals surface area contributed by atoms with Gasteiger partial charge in [-0.2, -0.15) is 4.31 Å². The molecule has 0 aromatic carbocycles. The van der Waals surface area contributed by atoms with E-state index in [9.17, 15) is 8.42 Å². The molecule has 6 nitrogen and oxygen atoms in total. The third kappa shape index (κ3) is 3.61. The van der Waals surface area contributed by atoms with Crippen LogP contribution in [-0.2, 0) is 27.8 Å². The summed E-state index contributed by atoms with van der Waals surface area (Å²) in [6.45, 7) is 3.31. The molecule has 0 radical (unpaired) electrons. The number of nitrogens with zero attached hydrogens (tertiary/aromatic N) is 3. The van der Waals surface area contributed by atoms with Crippen molar-refractivity contribution in [1.82, 2.24) is 13.9 Å². The Morgan fingerprint density at radius 3 is 2.61 bits per heavy atom. The van der Waals surface area contributed by atoms with E-state index in [0.717, 1.165) is 30.7 Å². The number of sulfonamides is 1. The third-order valence-electron chi connectivity index (χ3n) is 5.09. The van der Waals surface area contributed by atoms with E-state index >= 15 is 0 Å². The van der Waals surface area contributed by atoms with Crippen LogP contribution in [0.15, 0.2) is 6.33 Å². The molecule has 1 aliphatic heterocycles. The van der Waals surface area contributed by atoms with Crippen molar-refractivity contribution in [2.45, 2.75) is 44.7 Å². The first-order chi connectivity index (χ1) is 11.0. The van der Waals surface area contributed by atoms with Gasteiger partial charge in [-0.25, -0.2) is 13.4 Å². The minimum Gasteiger partial charge on any atom is -0.380 e. The highest BCUT2D eigenvalue weighted by Gasteiger charge is 2.35. The Morgan fingerprint density at radius 2 is 1.96 bits per heavy atom. The molecule has 0 saturated heterocycles. The molecule has 128 valence electrons. The first kappa shape index (κ1) is 15.6. The topological polar surface area (TPSA) is 64.4 Å². The molecule has 2 saturated carbocycles. The third-order valence-corrected chi connectivity index (χ3v) is 6.30. The van der Waals surface area contributed by atoms with E-state index in [-0.39, 0.29) is 5.92 Å². The molecule has 1 atom stereocenters. The van der Waals surface area contributed by atoms with Gasteiger partial charge >= 0.3 is 0 Å². The maximum absolute atomic E-state index is 12.0. The van der Waals surface area contributed by atoms with Crippen LogP contribution < -0.4 is 0 Å². The molecule has 0 spiro atoms. The van der Waals surface area contributed by atoms with Gasteiger partial charge in [0.1, 0.15) is 0 Å². The lowest BCUT2D eigenvalue weighted by molar-refractivity contribution is 0.0995. The van der Waals surface area contributed by atoms with E-state index in [1.807, 2.05) is 6.33 Å². The van der Waals surface area contributed by atoms with Gasteiger partial charge in [0.05, 0.1) is 31.4 Å². The van der Waals surface area contributed by atoms with E-state index in [1.54, 1.807) is 0 Å². The lowest BCUT2D eigenvalue weighted by atomic mass is 10.0. The average Bonchev–Trinajstić information content (AvgIpc) is 3.39. The molecule has 0 bridgehead atoms. The van der Waals surface area contributed by atoms with Crippen molar-refractivity contribution in [1.29, 1.82) is 0 Å². The lowest BCUT2D eigenvalue weighted by Crippen LogP contribution is -2.39. The van der Waals surface area contributed by atoms with E-state index in [4.69, 9.17) is 4.74 Å². The Hall–Kier alpha value is -0.920. The molecule has 2 fully saturated rings. The van der Waals surface area contributed by atoms with Crippen LogP contribution in [0.1, 0.15) is 43.0 Å². The van der Waals surface area contributed by atoms with Gasteiger partial charge in [0.15, 0.2) is 0 Å². The maximum atomic E-state index is 12.0. The van der Waals surface area contributed by atoms with Gasteiger partial charge < -0.3 is 9.30 Å². The Balaban J connectivity index is 1.54. The Labute approximate surface area is 137 Å². The van der Waals surface area contributed by atoms with E-state index in [1.165, 1.54) is 41.9 Å². The van der Waals surface area contributed by atoms with Crippen molar-refractivity contribution in [3.05, 3.63) is 17.7 Å². The Kier molecular flexibility index (Phi) is 3.98. The summed E-state index contributed by atoms with van der Waals surface area (Å²) in [4.78, 5) is 4.51. The average molecular weight is 339 g/mol. The number of ether oxygens (including phenoxy) is 1. The fourth-order valence-corrected chi connectivity index (χ4v) is 4.17. The normalized spacial score (nSPS) is 25.5. The van der Waals surface area contributed by atoms with Gasteiger partial charge in [0.2, 0.25) is 10.0 Å². The van der Waals surface area contributed by atoms with Crippen LogP contribution in [0.4, 0.5) is 0 Å². The molecule has 23 heavy (non-hydrogen) atoms. The predicted octanol–water partition coefficient (Wildman–Crippen LogP) is 1.58. The molecule has 2 aliphatic carbocycles. The summed E-state index contributed by atoms with van der Waals surface area (Å²) >= 11 is 0. The van der Waals surface area contributed by atoms with Gasteiger partial charge in [-0.3, -0.25) is 0 Å². The fraction of sp³-hybridized carbons (Fsp3) is 0.812. The van der Waals surface area contributed by atoms with Crippen molar-refractivity contribution in [2.75, 3.05) is 26.0 Å². The lowest BCUT2D eigenvalue weighted by Gasteiger charge is -2.31. The van der Waals surface area contributed by atoms with Crippen molar-refractivity contribution in [2.24, 2.45) is 11.8 Å². The fourth-order valence-electron chi connectivity index (χ4n) is 3.36. The molecular formula is C16H25N3O3S. The summed E-state index contributed by atoms with van der Waals surface area (Å²) in [6, 6.07) is 0. The van der Waals surface area contributed by atoms with Crippen LogP contribution in [0.3, 0.4) is 0 Å². The van der Waals surface area contributed by atoms with Crippen LogP contribution >= 0.6 is 0 Å². The molecule has 3 aliphatic rings. The number of rotatable bonds is 7. The smallest absolute Gasteiger partial charge is 0.211 e. The van der Waals surface area contributed by atoms with Crippen LogP contribution in [0.2, 0.25) is 0 Å². The number of fused-ring (bicyclic) bond motifs is 1. The van der Waals surface area contributed by atoms with Gasteiger partial charge in [-0.15, -0.1) is 0 Å². The van der Waals surface area contributed by atoms with Gasteiger partial charge in [-0.1, -0.05) is 0 Å². The van der Waals surface area contributed by atoms with E-state index < -0.39 is 10.0 Å². The monoisotopic (exact) mass is 339 g/mol. The summed E-state index contributed by atoms with van der Waals surface area (Å²) in [6.07, 6.45) is 8.30. The van der Waals surface area contributed by atoms with Crippen molar-refractivity contribution < 1.29 is 13.2 Å². The predicted molar refractivity (Wildman–Crippen MR) is 86.5 cm³/mol. The molecular weight excluding hydrogens is 314 g/mol. The number of imidazole rings is 1. The molecule has 4 rings (SSSR count). The number of hydrogen-bond acceptors (Lipinski definition) is 4. The van der Waals surface area contributed by atoms with Gasteiger partial charge in [0, 0.05) is 31.3 Å². The van der Waals surface area contributed by atoms with E-state index in [2.05, 4.69) is 9.55 Å². The summed E-state index contributed by atoms with van der Waals surface area (Å²) in [5.74, 6) is 1.59. The van der Waals surface area contributed by atoms with E-state index in [0.29, 0.717) is 19.7 Å². The Morgan fingerprint density at radius 1 is 1.22 bits per heavy atom. The van der Waals surface area contributed by atoms with Crippen LogP contribution in [0.25, 0.3) is 0 Å². The minimum atomic E-state index is -3.20. The summed E-state index contributed by atoms with van der Waals surface area (Å²) < 4.78 is 33.6. The SMILES string of the molecule is CS(=O)(=O)N1Cc2ncn(CC3CC3)c2C(COCC2CC2)C1. The van der Waals surface area contributed by atoms with Crippen molar-refractivity contribution in [3.8, 4) is 0 Å². The first-order valence-corrected chi connectivity index (χ1v) is 10.4. The molecule has 0 N–H and O–H groups in total. The summed E-state index contributed by atoms with van der Waals surface area (Å²) in [5, 5.41) is 0. The highest BCUT2D eigenvalue weighted by atomic mass is 32.2. The second kappa shape index (κ2) is 5.86. The minimum absolute atomic E-state index is 0.0912. The summed E-state index contributed by atoms with van der Waals surface area (Å²) in [7, 11) is -3.20. The highest BCUT2D eigenvalue weighted by molar-refractivity contribution is 7.88. The second-order valence-electron chi connectivity index (χ2n) is 7.41. The molecule has 0 amide bonds. The van der Waals surface area contributed by atoms with Crippen molar-refractivity contribution >= 4 is 10.0 Å². The number of hydrogen-bond donors (Lipinski definition) is 0. The molecule has 1 unspecified atom stereocenters. The zero-order chi connectivity index (χ0) is 16.0. The molecule has 1 aromatic heterocycles. The largest absolute Gasteiger partial charge is 0.380 e. The molecule has 7 heteroatoms. The quantitative estimate of drug-likeness (QED) is 0.756. The standard InChI is InChI=1S/C16H25N3O3S/c1-23(20,21)19-7-14(10-22-9-13-4-5-13)16-15(8-19)17-11-18(16)6-12-2-3-12/h11-14H,2-10H2,1H3. The Bertz CT molecular complexity index is 677. The van der Waals surface area contributed by atoms with Crippen LogP contribution in [0.5, 0.6) is 0 Å². The van der Waals surface area contributed by atoms with Crippen LogP contribution in [-0.4, -0.2) is 48.3 Å². The highest BCUT2D eigenvalue weighted by Crippen LogP contribution is 2.35. The van der Waals surface area contributed by atoms with Gasteiger partial charge in [0.25, 0.3) is 0 Å². The van der Waals surface area contributed by atoms with Crippen LogP contribution in [0, 0.1) is 11.8 Å². The maximum Gasteiger partial charge on any atom is 0.211 e. The summed E-state index contributed by atoms with van der Waals surface area (Å²) in [5.41, 5.74) is 2.11. The second-order valence-corrected chi connectivity index (χ2v) is 9.39. The zero-order valence-corrected chi connectivity index (χ0v) is 14.5. The zero-order valence-electron chi connectivity index (χ0n) is 13.6. The molecule has 1 aromatic rings.